The Morgan fingerprint density at radius 2 is 1.87 bits per heavy atom. The number of hydrogen-bond donors (Lipinski definition) is 1. The maximum Gasteiger partial charge on any atom is 0.336 e. The Morgan fingerprint density at radius 1 is 1.20 bits per heavy atom. The highest BCUT2D eigenvalue weighted by molar-refractivity contribution is 7.73. The molecule has 154 valence electrons. The number of hydrogen-bond acceptors (Lipinski definition) is 6. The van der Waals surface area contributed by atoms with E-state index in [0.29, 0.717) is 20.6 Å². The van der Waals surface area contributed by atoms with Crippen LogP contribution in [0.1, 0.15) is 23.3 Å². The van der Waals surface area contributed by atoms with Gasteiger partial charge in [-0.15, -0.1) is 11.3 Å². The number of carbonyl (C=O) groups is 2. The summed E-state index contributed by atoms with van der Waals surface area (Å²) in [7, 11) is 1.59. The van der Waals surface area contributed by atoms with E-state index in [1.165, 1.54) is 18.3 Å². The first kappa shape index (κ1) is 20.6. The normalized spacial score (nSPS) is 17.8. The quantitative estimate of drug-likeness (QED) is 0.459. The molecule has 0 radical (unpaired) electrons. The van der Waals surface area contributed by atoms with E-state index < -0.39 is 17.9 Å². The number of rotatable bonds is 4. The molecule has 3 aromatic rings. The van der Waals surface area contributed by atoms with E-state index in [1.807, 2.05) is 24.3 Å². The molecule has 2 aromatic carbocycles. The first-order chi connectivity index (χ1) is 14.4. The van der Waals surface area contributed by atoms with Crippen molar-refractivity contribution in [3.63, 3.8) is 0 Å². The van der Waals surface area contributed by atoms with Gasteiger partial charge in [0.05, 0.1) is 23.6 Å². The second-order valence-electron chi connectivity index (χ2n) is 6.70. The number of aromatic nitrogens is 1. The SMILES string of the molecule is COc1ccc([C@@H]2c3sc(=S)n(-c4ccc(Cl)cc4)c3OC(=O)[C@@H]2NC(C)=O)cc1. The van der Waals surface area contributed by atoms with Crippen molar-refractivity contribution >= 4 is 47.0 Å². The lowest BCUT2D eigenvalue weighted by molar-refractivity contribution is -0.140. The Hall–Kier alpha value is -2.68. The molecule has 0 fully saturated rings. The third kappa shape index (κ3) is 3.74. The third-order valence-corrected chi connectivity index (χ3v) is 6.47. The van der Waals surface area contributed by atoms with Gasteiger partial charge in [0.1, 0.15) is 11.8 Å². The highest BCUT2D eigenvalue weighted by Gasteiger charge is 2.42. The summed E-state index contributed by atoms with van der Waals surface area (Å²) in [6.07, 6.45) is 0. The van der Waals surface area contributed by atoms with Crippen LogP contribution >= 0.6 is 35.2 Å². The van der Waals surface area contributed by atoms with Crippen molar-refractivity contribution < 1.29 is 19.1 Å². The summed E-state index contributed by atoms with van der Waals surface area (Å²) >= 11 is 12.9. The number of benzene rings is 2. The number of fused-ring (bicyclic) bond motifs is 1. The summed E-state index contributed by atoms with van der Waals surface area (Å²) in [5, 5.41) is 3.32. The monoisotopic (exact) mass is 460 g/mol. The van der Waals surface area contributed by atoms with Gasteiger partial charge in [-0.25, -0.2) is 4.79 Å². The van der Waals surface area contributed by atoms with Crippen LogP contribution in [0.15, 0.2) is 48.5 Å². The van der Waals surface area contributed by atoms with Gasteiger partial charge in [-0.1, -0.05) is 23.7 Å². The van der Waals surface area contributed by atoms with Crippen LogP contribution in [-0.4, -0.2) is 29.6 Å². The summed E-state index contributed by atoms with van der Waals surface area (Å²) in [5.74, 6) is -0.260. The number of ether oxygens (including phenoxy) is 2. The number of methoxy groups -OCH3 is 1. The summed E-state index contributed by atoms with van der Waals surface area (Å²) in [5.41, 5.74) is 1.58. The van der Waals surface area contributed by atoms with Crippen molar-refractivity contribution in [2.45, 2.75) is 18.9 Å². The Bertz CT molecular complexity index is 1170. The molecule has 1 aliphatic heterocycles. The fourth-order valence-corrected chi connectivity index (χ4v) is 5.12. The van der Waals surface area contributed by atoms with Crippen molar-refractivity contribution in [2.24, 2.45) is 0 Å². The predicted octanol–water partition coefficient (Wildman–Crippen LogP) is 4.49. The molecular formula is C21H17ClN2O4S2. The Morgan fingerprint density at radius 3 is 2.47 bits per heavy atom. The van der Waals surface area contributed by atoms with Gasteiger partial charge in [0.25, 0.3) is 0 Å². The van der Waals surface area contributed by atoms with Crippen molar-refractivity contribution in [1.82, 2.24) is 9.88 Å². The van der Waals surface area contributed by atoms with Gasteiger partial charge in [-0.05, 0) is 54.2 Å². The zero-order chi connectivity index (χ0) is 21.4. The van der Waals surface area contributed by atoms with Crippen LogP contribution in [0.4, 0.5) is 0 Å². The van der Waals surface area contributed by atoms with Gasteiger partial charge in [-0.3, -0.25) is 9.36 Å². The molecule has 2 atom stereocenters. The zero-order valence-corrected chi connectivity index (χ0v) is 18.4. The Kier molecular flexibility index (Phi) is 5.64. The second-order valence-corrected chi connectivity index (χ2v) is 8.81. The molecule has 1 N–H and O–H groups in total. The Balaban J connectivity index is 1.89. The molecule has 1 aromatic heterocycles. The van der Waals surface area contributed by atoms with Crippen LogP contribution in [0.2, 0.25) is 5.02 Å². The number of nitrogens with one attached hydrogen (secondary N) is 1. The molecule has 1 aliphatic rings. The van der Waals surface area contributed by atoms with Gasteiger partial charge >= 0.3 is 5.97 Å². The summed E-state index contributed by atoms with van der Waals surface area (Å²) in [6, 6.07) is 13.6. The molecule has 4 rings (SSSR count). The molecule has 0 saturated carbocycles. The van der Waals surface area contributed by atoms with Crippen LogP contribution in [-0.2, 0) is 9.59 Å². The smallest absolute Gasteiger partial charge is 0.336 e. The molecule has 9 heteroatoms. The van der Waals surface area contributed by atoms with Gasteiger partial charge in [0, 0.05) is 11.9 Å². The fraction of sp³-hybridized carbons (Fsp3) is 0.190. The number of halogens is 1. The molecule has 0 saturated heterocycles. The van der Waals surface area contributed by atoms with Crippen LogP contribution in [0, 0.1) is 3.95 Å². The van der Waals surface area contributed by atoms with Crippen molar-refractivity contribution in [2.75, 3.05) is 7.11 Å². The number of thiazole rings is 1. The number of nitrogens with zero attached hydrogens (tertiary/aromatic N) is 1. The molecule has 2 heterocycles. The van der Waals surface area contributed by atoms with E-state index in [1.54, 1.807) is 35.9 Å². The molecule has 1 amide bonds. The lowest BCUT2D eigenvalue weighted by Crippen LogP contribution is -2.48. The predicted molar refractivity (Wildman–Crippen MR) is 118 cm³/mol. The molecular weight excluding hydrogens is 444 g/mol. The summed E-state index contributed by atoms with van der Waals surface area (Å²) < 4.78 is 13.2. The van der Waals surface area contributed by atoms with Crippen LogP contribution < -0.4 is 14.8 Å². The van der Waals surface area contributed by atoms with Crippen molar-refractivity contribution in [3.8, 4) is 17.3 Å². The topological polar surface area (TPSA) is 69.6 Å². The lowest BCUT2D eigenvalue weighted by atomic mass is 9.88. The zero-order valence-electron chi connectivity index (χ0n) is 16.0. The van der Waals surface area contributed by atoms with E-state index in [4.69, 9.17) is 33.3 Å². The van der Waals surface area contributed by atoms with Crippen molar-refractivity contribution in [3.05, 3.63) is 67.9 Å². The van der Waals surface area contributed by atoms with Crippen LogP contribution in [0.5, 0.6) is 11.6 Å². The van der Waals surface area contributed by atoms with E-state index >= 15 is 0 Å². The number of esters is 1. The highest BCUT2D eigenvalue weighted by atomic mass is 35.5. The maximum absolute atomic E-state index is 12.9. The fourth-order valence-electron chi connectivity index (χ4n) is 3.44. The minimum absolute atomic E-state index is 0.320. The lowest BCUT2D eigenvalue weighted by Gasteiger charge is -2.30. The average Bonchev–Trinajstić information content (AvgIpc) is 3.04. The molecule has 0 unspecified atom stereocenters. The van der Waals surface area contributed by atoms with E-state index in [-0.39, 0.29) is 5.91 Å². The van der Waals surface area contributed by atoms with Gasteiger partial charge in [0.15, 0.2) is 3.95 Å². The minimum atomic E-state index is -0.866. The standard InChI is InChI=1S/C21H17ClN2O4S2/c1-11(25)23-17-16(12-3-9-15(27-2)10-4-12)18-19(28-20(17)26)24(21(29)30-18)14-7-5-13(22)6-8-14/h3-10,16-17H,1-2H3,(H,23,25)/t16-,17+/m0/s1. The number of carbonyl (C=O) groups excluding carboxylic acids is 2. The molecule has 30 heavy (non-hydrogen) atoms. The summed E-state index contributed by atoms with van der Waals surface area (Å²) in [6.45, 7) is 1.37. The Labute approximate surface area is 187 Å². The van der Waals surface area contributed by atoms with Gasteiger partial charge < -0.3 is 14.8 Å². The van der Waals surface area contributed by atoms with Crippen LogP contribution in [0.3, 0.4) is 0 Å². The van der Waals surface area contributed by atoms with Gasteiger partial charge in [-0.2, -0.15) is 0 Å². The van der Waals surface area contributed by atoms with E-state index in [9.17, 15) is 9.59 Å². The minimum Gasteiger partial charge on any atom is -0.497 e. The molecule has 0 bridgehead atoms. The average molecular weight is 461 g/mol. The molecule has 0 aliphatic carbocycles. The molecule has 6 nitrogen and oxygen atoms in total. The first-order valence-corrected chi connectivity index (χ1v) is 10.6. The highest BCUT2D eigenvalue weighted by Crippen LogP contribution is 2.44. The number of amides is 1. The van der Waals surface area contributed by atoms with Crippen LogP contribution in [0.25, 0.3) is 5.69 Å². The second kappa shape index (κ2) is 8.22. The van der Waals surface area contributed by atoms with Crippen molar-refractivity contribution in [1.29, 1.82) is 0 Å². The first-order valence-electron chi connectivity index (χ1n) is 9.03. The largest absolute Gasteiger partial charge is 0.497 e. The summed E-state index contributed by atoms with van der Waals surface area (Å²) in [4.78, 5) is 25.5. The van der Waals surface area contributed by atoms with Gasteiger partial charge in [0.2, 0.25) is 11.8 Å². The molecule has 0 spiro atoms. The third-order valence-electron chi connectivity index (χ3n) is 4.78. The van der Waals surface area contributed by atoms with E-state index in [0.717, 1.165) is 16.1 Å². The van der Waals surface area contributed by atoms with E-state index in [2.05, 4.69) is 5.32 Å². The maximum atomic E-state index is 12.9.